The Bertz CT molecular complexity index is 1110. The number of anilines is 1. The third-order valence-electron chi connectivity index (χ3n) is 6.97. The summed E-state index contributed by atoms with van der Waals surface area (Å²) in [4.78, 5) is 26.5. The third-order valence-corrected chi connectivity index (χ3v) is 6.97. The molecule has 0 aromatic heterocycles. The number of methoxy groups -OCH3 is 1. The van der Waals surface area contributed by atoms with Crippen LogP contribution in [0.5, 0.6) is 0 Å². The van der Waals surface area contributed by atoms with E-state index in [2.05, 4.69) is 43.6 Å². The maximum Gasteiger partial charge on any atom is 0.252 e. The molecule has 1 atom stereocenters. The lowest BCUT2D eigenvalue weighted by atomic mass is 9.92. The van der Waals surface area contributed by atoms with E-state index in [-0.39, 0.29) is 12.0 Å². The molecule has 1 unspecified atom stereocenters. The molecule has 0 spiro atoms. The van der Waals surface area contributed by atoms with Gasteiger partial charge in [-0.25, -0.2) is 0 Å². The summed E-state index contributed by atoms with van der Waals surface area (Å²) >= 11 is 0. The highest BCUT2D eigenvalue weighted by molar-refractivity contribution is 5.96. The first-order chi connectivity index (χ1) is 23.7. The Kier molecular flexibility index (Phi) is 33.8. The van der Waals surface area contributed by atoms with Crippen LogP contribution < -0.4 is 10.2 Å². The van der Waals surface area contributed by atoms with Crippen molar-refractivity contribution in [3.63, 3.8) is 0 Å². The van der Waals surface area contributed by atoms with E-state index in [0.717, 1.165) is 61.7 Å². The van der Waals surface area contributed by atoms with E-state index < -0.39 is 5.54 Å². The molecule has 2 aromatic carbocycles. The average molecular weight is 683 g/mol. The van der Waals surface area contributed by atoms with Gasteiger partial charge in [0.1, 0.15) is 6.29 Å². The summed E-state index contributed by atoms with van der Waals surface area (Å²) in [6, 6.07) is 14.2. The molecule has 49 heavy (non-hydrogen) atoms. The number of benzene rings is 2. The molecule has 2 aromatic rings. The minimum absolute atomic E-state index is 0.0563. The third kappa shape index (κ3) is 22.1. The predicted octanol–water partition coefficient (Wildman–Crippen LogP) is 11.3. The number of hydrogen-bond acceptors (Lipinski definition) is 5. The SMILES string of the molecule is C=CCCN(CCOC(C)/C=C/OC)c1cc(C(=O)NC(C)(C)c2ccc(CCC=O)cc2)ccc1CCCC.CC.CC.CC.CCC. The zero-order valence-electron chi connectivity index (χ0n) is 33.8. The van der Waals surface area contributed by atoms with Crippen LogP contribution >= 0.6 is 0 Å². The Hall–Kier alpha value is -3.38. The fourth-order valence-electron chi connectivity index (χ4n) is 4.51. The Labute approximate surface area is 302 Å². The zero-order valence-corrected chi connectivity index (χ0v) is 33.8. The van der Waals surface area contributed by atoms with Crippen molar-refractivity contribution in [2.45, 2.75) is 140 Å². The Morgan fingerprint density at radius 1 is 0.939 bits per heavy atom. The molecule has 1 amide bonds. The number of rotatable bonds is 19. The van der Waals surface area contributed by atoms with Gasteiger partial charge in [-0.3, -0.25) is 4.79 Å². The van der Waals surface area contributed by atoms with Crippen molar-refractivity contribution < 1.29 is 19.1 Å². The van der Waals surface area contributed by atoms with Gasteiger partial charge in [-0.1, -0.05) is 112 Å². The standard InChI is InChI=1S/C34H48N2O4.C3H8.3C2H6/c1-7-9-13-29-16-17-30(26-32(29)36(21-10-8-2)22-25-40-27(3)20-24-39-6)33(38)35-34(4,5)31-18-14-28(15-19-31)12-11-23-37;1-3-2;3*1-2/h8,14-20,23-24,26-27H,2,7,9-13,21-22,25H2,1,3-6H3,(H,35,38);3H2,1-2H3;3*1-2H3/b24-20+;;;;. The molecule has 0 heterocycles. The molecule has 6 nitrogen and oxygen atoms in total. The van der Waals surface area contributed by atoms with Gasteiger partial charge in [0, 0.05) is 30.8 Å². The predicted molar refractivity (Wildman–Crippen MR) is 215 cm³/mol. The van der Waals surface area contributed by atoms with E-state index >= 15 is 0 Å². The summed E-state index contributed by atoms with van der Waals surface area (Å²) in [6.45, 7) is 30.4. The highest BCUT2D eigenvalue weighted by atomic mass is 16.5. The second-order valence-corrected chi connectivity index (χ2v) is 11.3. The molecule has 1 N–H and O–H groups in total. The van der Waals surface area contributed by atoms with Gasteiger partial charge in [-0.2, -0.15) is 0 Å². The number of aryl methyl sites for hydroxylation is 2. The van der Waals surface area contributed by atoms with Crippen LogP contribution in [-0.2, 0) is 32.6 Å². The van der Waals surface area contributed by atoms with Crippen molar-refractivity contribution >= 4 is 17.9 Å². The van der Waals surface area contributed by atoms with E-state index in [9.17, 15) is 9.59 Å². The minimum Gasteiger partial charge on any atom is -0.505 e. The largest absolute Gasteiger partial charge is 0.505 e. The molecule has 0 bridgehead atoms. The molecule has 0 aliphatic carbocycles. The average Bonchev–Trinajstić information content (AvgIpc) is 3.13. The van der Waals surface area contributed by atoms with Crippen LogP contribution in [-0.4, -0.2) is 45.1 Å². The first kappa shape index (κ1) is 50.0. The van der Waals surface area contributed by atoms with E-state index in [1.54, 1.807) is 13.4 Å². The van der Waals surface area contributed by atoms with Crippen molar-refractivity contribution in [3.8, 4) is 0 Å². The zero-order chi connectivity index (χ0) is 38.1. The number of nitrogens with one attached hydrogen (secondary N) is 1. The molecule has 2 rings (SSSR count). The quantitative estimate of drug-likeness (QED) is 0.0907. The molecule has 0 radical (unpaired) electrons. The Morgan fingerprint density at radius 3 is 2.08 bits per heavy atom. The van der Waals surface area contributed by atoms with Gasteiger partial charge in [-0.15, -0.1) is 6.58 Å². The van der Waals surface area contributed by atoms with Crippen LogP contribution in [0.1, 0.15) is 142 Å². The number of aldehydes is 1. The fraction of sp³-hybridized carbons (Fsp3) is 0.581. The second-order valence-electron chi connectivity index (χ2n) is 11.3. The first-order valence-electron chi connectivity index (χ1n) is 18.8. The summed E-state index contributed by atoms with van der Waals surface area (Å²) in [7, 11) is 1.62. The molecule has 0 fully saturated rings. The van der Waals surface area contributed by atoms with Gasteiger partial charge in [0.05, 0.1) is 31.6 Å². The molecular formula is C43H74N2O4. The number of unbranched alkanes of at least 4 members (excludes halogenated alkanes) is 1. The van der Waals surface area contributed by atoms with Crippen LogP contribution in [0.2, 0.25) is 0 Å². The molecule has 0 aliphatic heterocycles. The van der Waals surface area contributed by atoms with Crippen LogP contribution in [0.25, 0.3) is 0 Å². The summed E-state index contributed by atoms with van der Waals surface area (Å²) in [5.74, 6) is -0.114. The maximum atomic E-state index is 13.5. The van der Waals surface area contributed by atoms with Crippen LogP contribution in [0, 0.1) is 0 Å². The Balaban J connectivity index is -0.00000214. The first-order valence-corrected chi connectivity index (χ1v) is 18.8. The van der Waals surface area contributed by atoms with Gasteiger partial charge >= 0.3 is 0 Å². The normalized spacial score (nSPS) is 10.7. The van der Waals surface area contributed by atoms with Gasteiger partial charge < -0.3 is 24.5 Å². The van der Waals surface area contributed by atoms with E-state index in [1.165, 1.54) is 12.0 Å². The van der Waals surface area contributed by atoms with E-state index in [0.29, 0.717) is 25.1 Å². The molecular weight excluding hydrogens is 608 g/mol. The van der Waals surface area contributed by atoms with Gasteiger partial charge in [0.2, 0.25) is 0 Å². The number of ether oxygens (including phenoxy) is 2. The number of carbonyl (C=O) groups is 2. The molecule has 0 saturated heterocycles. The second kappa shape index (κ2) is 33.1. The number of nitrogens with zero attached hydrogens (tertiary/aromatic N) is 1. The number of amides is 1. The number of carbonyl (C=O) groups excluding carboxylic acids is 2. The molecule has 6 heteroatoms. The van der Waals surface area contributed by atoms with E-state index in [4.69, 9.17) is 9.47 Å². The smallest absolute Gasteiger partial charge is 0.252 e. The van der Waals surface area contributed by atoms with Crippen molar-refractivity contribution in [1.82, 2.24) is 5.32 Å². The van der Waals surface area contributed by atoms with Gasteiger partial charge in [0.25, 0.3) is 5.91 Å². The summed E-state index contributed by atoms with van der Waals surface area (Å²) in [5.41, 5.74) is 4.49. The van der Waals surface area contributed by atoms with Crippen LogP contribution in [0.15, 0.2) is 67.5 Å². The summed E-state index contributed by atoms with van der Waals surface area (Å²) < 4.78 is 11.0. The highest BCUT2D eigenvalue weighted by Gasteiger charge is 2.24. The molecule has 0 aliphatic rings. The van der Waals surface area contributed by atoms with E-state index in [1.807, 2.05) is 111 Å². The van der Waals surface area contributed by atoms with Gasteiger partial charge in [-0.05, 0) is 81.4 Å². The van der Waals surface area contributed by atoms with Crippen LogP contribution in [0.3, 0.4) is 0 Å². The lowest BCUT2D eigenvalue weighted by molar-refractivity contribution is -0.107. The Morgan fingerprint density at radius 2 is 1.55 bits per heavy atom. The fourth-order valence-corrected chi connectivity index (χ4v) is 4.51. The molecule has 0 saturated carbocycles. The topological polar surface area (TPSA) is 67.9 Å². The van der Waals surface area contributed by atoms with Crippen molar-refractivity contribution in [1.29, 1.82) is 0 Å². The monoisotopic (exact) mass is 683 g/mol. The van der Waals surface area contributed by atoms with Crippen molar-refractivity contribution in [3.05, 3.63) is 89.7 Å². The van der Waals surface area contributed by atoms with Crippen LogP contribution in [0.4, 0.5) is 5.69 Å². The summed E-state index contributed by atoms with van der Waals surface area (Å²) in [5, 5.41) is 3.23. The highest BCUT2D eigenvalue weighted by Crippen LogP contribution is 2.27. The molecule has 280 valence electrons. The van der Waals surface area contributed by atoms with Crippen molar-refractivity contribution in [2.24, 2.45) is 0 Å². The lowest BCUT2D eigenvalue weighted by Gasteiger charge is -2.29. The minimum atomic E-state index is -0.566. The van der Waals surface area contributed by atoms with Crippen molar-refractivity contribution in [2.75, 3.05) is 31.7 Å². The number of hydrogen-bond donors (Lipinski definition) is 1. The maximum absolute atomic E-state index is 13.5. The van der Waals surface area contributed by atoms with Gasteiger partial charge in [0.15, 0.2) is 0 Å². The summed E-state index contributed by atoms with van der Waals surface area (Å²) in [6.07, 6.45) is 12.8. The lowest BCUT2D eigenvalue weighted by Crippen LogP contribution is -2.41.